The highest BCUT2D eigenvalue weighted by molar-refractivity contribution is 5.77. The van der Waals surface area contributed by atoms with Crippen LogP contribution in [0, 0.1) is 0 Å². The lowest BCUT2D eigenvalue weighted by atomic mass is 9.93. The minimum absolute atomic E-state index is 0.105. The van der Waals surface area contributed by atoms with Gasteiger partial charge in [0, 0.05) is 34.6 Å². The molecule has 31 nitrogen and oxygen atoms in total. The summed E-state index contributed by atoms with van der Waals surface area (Å²) in [5.74, 6) is -3.97. The smallest absolute Gasteiger partial charge is 0.217 e. The van der Waals surface area contributed by atoms with Crippen molar-refractivity contribution in [2.75, 3.05) is 33.0 Å². The third-order valence-electron chi connectivity index (χ3n) is 11.9. The summed E-state index contributed by atoms with van der Waals surface area (Å²) < 4.78 is 47.2. The fourth-order valence-corrected chi connectivity index (χ4v) is 8.57. The molecule has 0 radical (unpaired) electrons. The van der Waals surface area contributed by atoms with Crippen LogP contribution in [-0.2, 0) is 66.7 Å². The van der Waals surface area contributed by atoms with E-state index < -0.39 is 209 Å². The molecule has 0 aromatic carbocycles. The number of carbonyl (C=O) groups is 6. The molecule has 408 valence electrons. The van der Waals surface area contributed by atoms with Gasteiger partial charge in [0.1, 0.15) is 128 Å². The summed E-state index contributed by atoms with van der Waals surface area (Å²) >= 11 is 0. The first-order valence-electron chi connectivity index (χ1n) is 22.3. The first kappa shape index (κ1) is 59.8. The summed E-state index contributed by atoms with van der Waals surface area (Å²) in [4.78, 5) is 73.2. The summed E-state index contributed by atoms with van der Waals surface area (Å²) in [5.41, 5.74) is 0. The number of hydrogen-bond donors (Lipinski definition) is 17. The molecule has 4 saturated heterocycles. The SMILES string of the molecule is CC(=O)N[C@H]1[C@H](O[C@@H]([C@H](O)[C@H](C=O)NC(C)=O)[C@H](O)CO)O[C@H](CO)[C@@H](O[C@@H]2O[C@H](CO)[C@@H](O[C@@H]3O[C@H](CO)[C@@H](O[C@@H]4O[C@H](CO)[C@@H](O)[C@H](O)[C@H]4NC(C)=O)[C@H](O)[C@H]3NC(C)=O)[C@H](O)[C@H]2NC(C)=O)[C@@H]1O. The highest BCUT2D eigenvalue weighted by Crippen LogP contribution is 2.35. The molecule has 0 aliphatic carbocycles. The molecule has 71 heavy (non-hydrogen) atoms. The summed E-state index contributed by atoms with van der Waals surface area (Å²) in [6.45, 7) is 0.186. The molecule has 4 rings (SSSR count). The molecule has 4 aliphatic rings. The van der Waals surface area contributed by atoms with Gasteiger partial charge in [0.15, 0.2) is 25.2 Å². The molecule has 5 amide bonds. The van der Waals surface area contributed by atoms with Crippen molar-refractivity contribution in [1.82, 2.24) is 26.6 Å². The van der Waals surface area contributed by atoms with Crippen LogP contribution < -0.4 is 26.6 Å². The Morgan fingerprint density at radius 3 is 1.13 bits per heavy atom. The molecule has 0 saturated carbocycles. The third-order valence-corrected chi connectivity index (χ3v) is 11.9. The van der Waals surface area contributed by atoms with Crippen LogP contribution in [0.5, 0.6) is 0 Å². The lowest BCUT2D eigenvalue weighted by Gasteiger charge is -2.51. The van der Waals surface area contributed by atoms with Crippen LogP contribution in [0.4, 0.5) is 0 Å². The molecule has 0 bridgehead atoms. The first-order valence-corrected chi connectivity index (χ1v) is 22.3. The average molecular weight is 1030 g/mol. The highest BCUT2D eigenvalue weighted by Gasteiger charge is 2.57. The second kappa shape index (κ2) is 27.0. The van der Waals surface area contributed by atoms with E-state index in [1.165, 1.54) is 0 Å². The van der Waals surface area contributed by atoms with Gasteiger partial charge in [-0.2, -0.15) is 0 Å². The van der Waals surface area contributed by atoms with Crippen molar-refractivity contribution in [2.45, 2.75) is 182 Å². The Morgan fingerprint density at radius 2 is 0.817 bits per heavy atom. The Morgan fingerprint density at radius 1 is 0.493 bits per heavy atom. The number of aliphatic hydroxyl groups is 12. The molecule has 17 N–H and O–H groups in total. The van der Waals surface area contributed by atoms with Crippen LogP contribution in [0.15, 0.2) is 0 Å². The third kappa shape index (κ3) is 14.7. The van der Waals surface area contributed by atoms with E-state index in [1.54, 1.807) is 0 Å². The summed E-state index contributed by atoms with van der Waals surface area (Å²) in [7, 11) is 0. The van der Waals surface area contributed by atoms with Crippen molar-refractivity contribution in [3.63, 3.8) is 0 Å². The Hall–Kier alpha value is -3.78. The second-order valence-corrected chi connectivity index (χ2v) is 17.3. The van der Waals surface area contributed by atoms with Gasteiger partial charge in [-0.15, -0.1) is 0 Å². The van der Waals surface area contributed by atoms with Crippen LogP contribution in [0.1, 0.15) is 34.6 Å². The fraction of sp³-hybridized carbons (Fsp3) is 0.850. The van der Waals surface area contributed by atoms with Crippen molar-refractivity contribution >= 4 is 35.8 Å². The quantitative estimate of drug-likeness (QED) is 0.0448. The normalized spacial score (nSPS) is 39.2. The largest absolute Gasteiger partial charge is 0.394 e. The molecule has 0 aromatic rings. The van der Waals surface area contributed by atoms with Gasteiger partial charge in [-0.25, -0.2) is 0 Å². The minimum atomic E-state index is -2.09. The van der Waals surface area contributed by atoms with Gasteiger partial charge in [0.25, 0.3) is 0 Å². The number of hydrogen-bond acceptors (Lipinski definition) is 26. The number of ether oxygens (including phenoxy) is 8. The molecule has 4 aliphatic heterocycles. The lowest BCUT2D eigenvalue weighted by Crippen LogP contribution is -2.72. The minimum Gasteiger partial charge on any atom is -0.394 e. The zero-order chi connectivity index (χ0) is 53.2. The molecule has 24 atom stereocenters. The van der Waals surface area contributed by atoms with E-state index in [2.05, 4.69) is 26.6 Å². The molecule has 0 spiro atoms. The second-order valence-electron chi connectivity index (χ2n) is 17.3. The topological polar surface area (TPSA) is 479 Å². The van der Waals surface area contributed by atoms with E-state index in [0.29, 0.717) is 0 Å². The zero-order valence-corrected chi connectivity index (χ0v) is 39.1. The predicted molar refractivity (Wildman–Crippen MR) is 226 cm³/mol. The number of rotatable bonds is 22. The molecular formula is C40H67N5O26. The number of aliphatic hydroxyl groups excluding tert-OH is 12. The van der Waals surface area contributed by atoms with Gasteiger partial charge in [-0.3, -0.25) is 24.0 Å². The zero-order valence-electron chi connectivity index (χ0n) is 39.1. The Labute approximate surface area is 404 Å². The van der Waals surface area contributed by atoms with Crippen molar-refractivity contribution in [2.24, 2.45) is 0 Å². The van der Waals surface area contributed by atoms with E-state index in [9.17, 15) is 90.0 Å². The van der Waals surface area contributed by atoms with Crippen LogP contribution >= 0.6 is 0 Å². The maximum atomic E-state index is 12.6. The molecule has 31 heteroatoms. The van der Waals surface area contributed by atoms with E-state index >= 15 is 0 Å². The number of aldehydes is 1. The van der Waals surface area contributed by atoms with Gasteiger partial charge in [0.05, 0.1) is 33.0 Å². The number of nitrogens with one attached hydrogen (secondary N) is 5. The maximum absolute atomic E-state index is 12.6. The lowest BCUT2D eigenvalue weighted by molar-refractivity contribution is -0.364. The highest BCUT2D eigenvalue weighted by atomic mass is 16.8. The predicted octanol–water partition coefficient (Wildman–Crippen LogP) is -11.4. The van der Waals surface area contributed by atoms with E-state index in [-0.39, 0.29) is 6.29 Å². The van der Waals surface area contributed by atoms with E-state index in [0.717, 1.165) is 34.6 Å². The summed E-state index contributed by atoms with van der Waals surface area (Å²) in [5, 5.41) is 141. The monoisotopic (exact) mass is 1030 g/mol. The standard InChI is InChI=1S/C40H67N5O26/c1-12(52)41-17(6-46)27(58)33(18(57)7-47)68-38-24(43-14(3)54)30(61)35(20(9-49)65-38)70-40-26(45-16(5)56)32(63)36(22(11-51)67-40)71-39-25(44-15(4)55)31(62)34(21(10-50)66-39)69-37-23(42-13(2)53)29(60)28(59)19(8-48)64-37/h6,17-40,47-51,57-63H,7-11H2,1-5H3,(H,41,52)(H,42,53)(H,43,54)(H,44,55)(H,45,56)/t17-,18+,19+,20+,21+,22+,23+,24+,25+,26+,27+,28+,29+,30+,31+,32+,33+,34+,35+,36+,37-,38-,39-,40-/m0/s1. The molecule has 4 fully saturated rings. The van der Waals surface area contributed by atoms with Crippen LogP contribution in [-0.4, -0.2) is 277 Å². The maximum Gasteiger partial charge on any atom is 0.217 e. The van der Waals surface area contributed by atoms with Crippen LogP contribution in [0.25, 0.3) is 0 Å². The van der Waals surface area contributed by atoms with Gasteiger partial charge in [-0.1, -0.05) is 0 Å². The van der Waals surface area contributed by atoms with Gasteiger partial charge >= 0.3 is 0 Å². The number of carbonyl (C=O) groups excluding carboxylic acids is 6. The first-order chi connectivity index (χ1) is 33.5. The van der Waals surface area contributed by atoms with Crippen molar-refractivity contribution in [3.05, 3.63) is 0 Å². The fourth-order valence-electron chi connectivity index (χ4n) is 8.57. The van der Waals surface area contributed by atoms with Crippen molar-refractivity contribution in [3.8, 4) is 0 Å². The molecular weight excluding hydrogens is 966 g/mol. The number of amides is 5. The van der Waals surface area contributed by atoms with Crippen molar-refractivity contribution < 1.29 is 128 Å². The summed E-state index contributed by atoms with van der Waals surface area (Å²) in [6.07, 6.45) is -34.8. The van der Waals surface area contributed by atoms with Gasteiger partial charge in [0.2, 0.25) is 29.5 Å². The van der Waals surface area contributed by atoms with Crippen molar-refractivity contribution in [1.29, 1.82) is 0 Å². The Balaban J connectivity index is 1.63. The molecule has 0 aromatic heterocycles. The average Bonchev–Trinajstić information content (AvgIpc) is 3.31. The van der Waals surface area contributed by atoms with Crippen LogP contribution in [0.2, 0.25) is 0 Å². The summed E-state index contributed by atoms with van der Waals surface area (Å²) in [6, 6.07) is -8.45. The molecule has 4 heterocycles. The van der Waals surface area contributed by atoms with Gasteiger partial charge in [-0.05, 0) is 0 Å². The van der Waals surface area contributed by atoms with E-state index in [1.807, 2.05) is 0 Å². The van der Waals surface area contributed by atoms with Gasteiger partial charge < -0.3 is 131 Å². The van der Waals surface area contributed by atoms with E-state index in [4.69, 9.17) is 37.9 Å². The molecule has 0 unspecified atom stereocenters. The Bertz CT molecular complexity index is 1780. The Kier molecular flexibility index (Phi) is 22.7. The van der Waals surface area contributed by atoms with Crippen LogP contribution in [0.3, 0.4) is 0 Å².